The number of nitrogens with zero attached hydrogens (tertiary/aromatic N) is 1. The number of piperidine rings is 1. The third kappa shape index (κ3) is 3.05. The van der Waals surface area contributed by atoms with Crippen molar-refractivity contribution < 1.29 is 14.6 Å². The molecule has 120 valence electrons. The van der Waals surface area contributed by atoms with Gasteiger partial charge in [0.1, 0.15) is 0 Å². The molecule has 0 spiro atoms. The summed E-state index contributed by atoms with van der Waals surface area (Å²) < 4.78 is 10.8. The van der Waals surface area contributed by atoms with Gasteiger partial charge in [-0.25, -0.2) is 0 Å². The SMILES string of the molecule is O[C@@H]1CN(Cc2ccccc2)CC[C@H]1c1ccc2c(c1)OCO2. The molecule has 2 aliphatic heterocycles. The molecular weight excluding hydrogens is 290 g/mol. The lowest BCUT2D eigenvalue weighted by Crippen LogP contribution is -2.42. The minimum Gasteiger partial charge on any atom is -0.454 e. The first-order valence-electron chi connectivity index (χ1n) is 8.13. The van der Waals surface area contributed by atoms with E-state index in [0.29, 0.717) is 6.54 Å². The standard InChI is InChI=1S/C19H21NO3/c21-17-12-20(11-14-4-2-1-3-5-14)9-8-16(17)15-6-7-18-19(10-15)23-13-22-18/h1-7,10,16-17,21H,8-9,11-13H2/t16-,17+/m0/s1. The third-order valence-corrected chi connectivity index (χ3v) is 4.74. The molecule has 0 aliphatic carbocycles. The lowest BCUT2D eigenvalue weighted by molar-refractivity contribution is 0.0476. The molecule has 1 saturated heterocycles. The van der Waals surface area contributed by atoms with Crippen LogP contribution < -0.4 is 9.47 Å². The van der Waals surface area contributed by atoms with E-state index in [1.807, 2.05) is 24.3 Å². The van der Waals surface area contributed by atoms with Crippen molar-refractivity contribution in [2.75, 3.05) is 19.9 Å². The average Bonchev–Trinajstić information content (AvgIpc) is 3.03. The van der Waals surface area contributed by atoms with E-state index in [4.69, 9.17) is 9.47 Å². The average molecular weight is 311 g/mol. The molecule has 2 atom stereocenters. The van der Waals surface area contributed by atoms with E-state index in [-0.39, 0.29) is 18.8 Å². The maximum absolute atomic E-state index is 10.6. The fraction of sp³-hybridized carbons (Fsp3) is 0.368. The Bertz CT molecular complexity index is 674. The van der Waals surface area contributed by atoms with Gasteiger partial charge in [0, 0.05) is 19.0 Å². The Morgan fingerprint density at radius 2 is 1.87 bits per heavy atom. The molecule has 2 aromatic carbocycles. The Morgan fingerprint density at radius 1 is 1.04 bits per heavy atom. The van der Waals surface area contributed by atoms with Gasteiger partial charge in [-0.3, -0.25) is 4.90 Å². The smallest absolute Gasteiger partial charge is 0.231 e. The van der Waals surface area contributed by atoms with Gasteiger partial charge in [-0.1, -0.05) is 36.4 Å². The Labute approximate surface area is 136 Å². The molecule has 0 bridgehead atoms. The van der Waals surface area contributed by atoms with Crippen LogP contribution in [0.3, 0.4) is 0 Å². The van der Waals surface area contributed by atoms with E-state index in [1.165, 1.54) is 5.56 Å². The van der Waals surface area contributed by atoms with Crippen LogP contribution in [-0.4, -0.2) is 36.0 Å². The second-order valence-corrected chi connectivity index (χ2v) is 6.30. The molecule has 0 radical (unpaired) electrons. The van der Waals surface area contributed by atoms with Gasteiger partial charge in [-0.15, -0.1) is 0 Å². The maximum Gasteiger partial charge on any atom is 0.231 e. The predicted octanol–water partition coefficient (Wildman–Crippen LogP) is 2.77. The largest absolute Gasteiger partial charge is 0.454 e. The van der Waals surface area contributed by atoms with Gasteiger partial charge in [0.15, 0.2) is 11.5 Å². The van der Waals surface area contributed by atoms with E-state index in [9.17, 15) is 5.11 Å². The Balaban J connectivity index is 1.43. The van der Waals surface area contributed by atoms with Crippen molar-refractivity contribution in [2.45, 2.75) is 25.0 Å². The monoisotopic (exact) mass is 311 g/mol. The van der Waals surface area contributed by atoms with Crippen LogP contribution in [0.25, 0.3) is 0 Å². The molecule has 0 unspecified atom stereocenters. The number of hydrogen-bond acceptors (Lipinski definition) is 4. The third-order valence-electron chi connectivity index (χ3n) is 4.74. The van der Waals surface area contributed by atoms with Crippen LogP contribution in [0.2, 0.25) is 0 Å². The van der Waals surface area contributed by atoms with Gasteiger partial charge in [-0.05, 0) is 36.2 Å². The maximum atomic E-state index is 10.6. The highest BCUT2D eigenvalue weighted by Crippen LogP contribution is 2.37. The number of aliphatic hydroxyl groups excluding tert-OH is 1. The van der Waals surface area contributed by atoms with Crippen molar-refractivity contribution in [3.05, 3.63) is 59.7 Å². The normalized spacial score (nSPS) is 23.9. The molecule has 0 amide bonds. The Hall–Kier alpha value is -2.04. The number of benzene rings is 2. The fourth-order valence-electron chi connectivity index (χ4n) is 3.51. The molecule has 2 aromatic rings. The van der Waals surface area contributed by atoms with E-state index in [0.717, 1.165) is 36.6 Å². The summed E-state index contributed by atoms with van der Waals surface area (Å²) in [4.78, 5) is 2.32. The predicted molar refractivity (Wildman–Crippen MR) is 87.6 cm³/mol. The number of likely N-dealkylation sites (tertiary alicyclic amines) is 1. The summed E-state index contributed by atoms with van der Waals surface area (Å²) in [5.74, 6) is 1.75. The van der Waals surface area contributed by atoms with E-state index < -0.39 is 0 Å². The fourth-order valence-corrected chi connectivity index (χ4v) is 3.51. The van der Waals surface area contributed by atoms with E-state index >= 15 is 0 Å². The summed E-state index contributed by atoms with van der Waals surface area (Å²) in [6.45, 7) is 2.88. The molecule has 23 heavy (non-hydrogen) atoms. The topological polar surface area (TPSA) is 41.9 Å². The van der Waals surface area contributed by atoms with Crippen molar-refractivity contribution in [2.24, 2.45) is 0 Å². The van der Waals surface area contributed by atoms with Crippen LogP contribution in [0.4, 0.5) is 0 Å². The van der Waals surface area contributed by atoms with Crippen LogP contribution in [0, 0.1) is 0 Å². The molecule has 2 heterocycles. The summed E-state index contributed by atoms with van der Waals surface area (Å²) in [5.41, 5.74) is 2.43. The number of aliphatic hydroxyl groups is 1. The number of fused-ring (bicyclic) bond motifs is 1. The van der Waals surface area contributed by atoms with Gasteiger partial charge in [-0.2, -0.15) is 0 Å². The minimum atomic E-state index is -0.354. The highest BCUT2D eigenvalue weighted by molar-refractivity contribution is 5.45. The highest BCUT2D eigenvalue weighted by Gasteiger charge is 2.30. The molecule has 4 nitrogen and oxygen atoms in total. The van der Waals surface area contributed by atoms with Crippen LogP contribution in [0.5, 0.6) is 11.5 Å². The molecule has 0 saturated carbocycles. The molecule has 4 heteroatoms. The molecule has 0 aromatic heterocycles. The first-order chi connectivity index (χ1) is 11.3. The lowest BCUT2D eigenvalue weighted by atomic mass is 9.86. The first kappa shape index (κ1) is 14.5. The number of hydrogen-bond donors (Lipinski definition) is 1. The van der Waals surface area contributed by atoms with E-state index in [2.05, 4.69) is 29.2 Å². The number of β-amino-alcohol motifs (C(OH)–C–C–N with tert-alkyl or cyclic N) is 1. The zero-order valence-electron chi connectivity index (χ0n) is 13.0. The second-order valence-electron chi connectivity index (χ2n) is 6.30. The van der Waals surface area contributed by atoms with E-state index in [1.54, 1.807) is 0 Å². The van der Waals surface area contributed by atoms with Crippen molar-refractivity contribution in [1.82, 2.24) is 4.90 Å². The van der Waals surface area contributed by atoms with Crippen LogP contribution in [0.1, 0.15) is 23.5 Å². The van der Waals surface area contributed by atoms with Gasteiger partial charge >= 0.3 is 0 Å². The van der Waals surface area contributed by atoms with Crippen LogP contribution in [0.15, 0.2) is 48.5 Å². The van der Waals surface area contributed by atoms with Crippen molar-refractivity contribution in [1.29, 1.82) is 0 Å². The lowest BCUT2D eigenvalue weighted by Gasteiger charge is -2.36. The molecule has 1 fully saturated rings. The number of rotatable bonds is 3. The van der Waals surface area contributed by atoms with Gasteiger partial charge < -0.3 is 14.6 Å². The quantitative estimate of drug-likeness (QED) is 0.946. The summed E-state index contributed by atoms with van der Waals surface area (Å²) in [6, 6.07) is 16.4. The van der Waals surface area contributed by atoms with Gasteiger partial charge in [0.2, 0.25) is 6.79 Å². The van der Waals surface area contributed by atoms with Crippen molar-refractivity contribution in [3.63, 3.8) is 0 Å². The van der Waals surface area contributed by atoms with Gasteiger partial charge in [0.05, 0.1) is 6.10 Å². The van der Waals surface area contributed by atoms with Crippen LogP contribution >= 0.6 is 0 Å². The van der Waals surface area contributed by atoms with Crippen LogP contribution in [-0.2, 0) is 6.54 Å². The molecule has 2 aliphatic rings. The van der Waals surface area contributed by atoms with Crippen molar-refractivity contribution in [3.8, 4) is 11.5 Å². The summed E-state index contributed by atoms with van der Waals surface area (Å²) in [7, 11) is 0. The first-order valence-corrected chi connectivity index (χ1v) is 8.13. The summed E-state index contributed by atoms with van der Waals surface area (Å²) >= 11 is 0. The minimum absolute atomic E-state index is 0.163. The van der Waals surface area contributed by atoms with Crippen molar-refractivity contribution >= 4 is 0 Å². The zero-order valence-corrected chi connectivity index (χ0v) is 13.0. The Kier molecular flexibility index (Phi) is 3.93. The second kappa shape index (κ2) is 6.22. The molecule has 4 rings (SSSR count). The highest BCUT2D eigenvalue weighted by atomic mass is 16.7. The van der Waals surface area contributed by atoms with Gasteiger partial charge in [0.25, 0.3) is 0 Å². The molecular formula is C19H21NO3. The zero-order chi connectivity index (χ0) is 15.6. The summed E-state index contributed by atoms with van der Waals surface area (Å²) in [6.07, 6.45) is 0.598. The Morgan fingerprint density at radius 3 is 2.70 bits per heavy atom. The molecule has 1 N–H and O–H groups in total. The summed E-state index contributed by atoms with van der Waals surface area (Å²) in [5, 5.41) is 10.6. The number of ether oxygens (including phenoxy) is 2.